The standard InChI is InChI=1S/C8H6O2/c1-10-5-2-3-6-7(4-5)8(6)9/h2-4H,1H3. The molecule has 0 saturated carbocycles. The van der Waals surface area contributed by atoms with Crippen molar-refractivity contribution in [1.29, 1.82) is 0 Å². The molecule has 0 bridgehead atoms. The van der Waals surface area contributed by atoms with Crippen molar-refractivity contribution < 1.29 is 4.74 Å². The summed E-state index contributed by atoms with van der Waals surface area (Å²) in [6.45, 7) is 0. The average Bonchev–Trinajstić information content (AvgIpc) is 2.62. The molecular formula is C8H6O2. The van der Waals surface area contributed by atoms with Crippen LogP contribution in [0.25, 0.3) is 10.8 Å². The van der Waals surface area contributed by atoms with Gasteiger partial charge in [0, 0.05) is 10.8 Å². The van der Waals surface area contributed by atoms with E-state index in [2.05, 4.69) is 0 Å². The zero-order chi connectivity index (χ0) is 7.14. The quantitative estimate of drug-likeness (QED) is 0.583. The topological polar surface area (TPSA) is 26.3 Å². The molecule has 2 heteroatoms. The van der Waals surface area contributed by atoms with Crippen LogP contribution in [0, 0.1) is 0 Å². The molecular weight excluding hydrogens is 128 g/mol. The van der Waals surface area contributed by atoms with Crippen LogP contribution in [0.15, 0.2) is 23.0 Å². The molecule has 0 heterocycles. The van der Waals surface area contributed by atoms with E-state index in [1.165, 1.54) is 0 Å². The number of methoxy groups -OCH3 is 1. The van der Waals surface area contributed by atoms with Crippen LogP contribution in [0.3, 0.4) is 0 Å². The smallest absolute Gasteiger partial charge is 0.194 e. The van der Waals surface area contributed by atoms with Crippen LogP contribution in [0.4, 0.5) is 0 Å². The van der Waals surface area contributed by atoms with Gasteiger partial charge in [0.25, 0.3) is 0 Å². The summed E-state index contributed by atoms with van der Waals surface area (Å²) in [4.78, 5) is 10.8. The molecule has 0 fully saturated rings. The van der Waals surface area contributed by atoms with Crippen molar-refractivity contribution in [2.45, 2.75) is 0 Å². The SMILES string of the molecule is COc1ccc2c(=O)c2c1. The van der Waals surface area contributed by atoms with Crippen LogP contribution in [-0.4, -0.2) is 7.11 Å². The molecule has 0 amide bonds. The van der Waals surface area contributed by atoms with Gasteiger partial charge < -0.3 is 4.74 Å². The Labute approximate surface area is 57.7 Å². The van der Waals surface area contributed by atoms with Crippen LogP contribution in [0.1, 0.15) is 0 Å². The first kappa shape index (κ1) is 5.47. The Morgan fingerprint density at radius 2 is 2.10 bits per heavy atom. The molecule has 0 N–H and O–H groups in total. The van der Waals surface area contributed by atoms with Gasteiger partial charge >= 0.3 is 0 Å². The van der Waals surface area contributed by atoms with Crippen molar-refractivity contribution in [3.8, 4) is 5.75 Å². The predicted octanol–water partition coefficient (Wildman–Crippen LogP) is 1.08. The molecule has 0 aliphatic rings. The molecule has 0 unspecified atom stereocenters. The summed E-state index contributed by atoms with van der Waals surface area (Å²) in [6.07, 6.45) is 0. The lowest BCUT2D eigenvalue weighted by Gasteiger charge is -1.93. The van der Waals surface area contributed by atoms with E-state index in [0.717, 1.165) is 16.5 Å². The molecule has 50 valence electrons. The Hall–Kier alpha value is -1.31. The van der Waals surface area contributed by atoms with Crippen molar-refractivity contribution in [1.82, 2.24) is 0 Å². The van der Waals surface area contributed by atoms with E-state index in [1.54, 1.807) is 25.3 Å². The van der Waals surface area contributed by atoms with E-state index in [4.69, 9.17) is 4.74 Å². The highest BCUT2D eigenvalue weighted by Gasteiger charge is 2.11. The van der Waals surface area contributed by atoms with Gasteiger partial charge in [0.05, 0.1) is 7.11 Å². The zero-order valence-electron chi connectivity index (χ0n) is 5.55. The molecule has 2 rings (SSSR count). The summed E-state index contributed by atoms with van der Waals surface area (Å²) in [6, 6.07) is 5.35. The van der Waals surface area contributed by atoms with Crippen molar-refractivity contribution in [3.05, 3.63) is 28.4 Å². The first-order chi connectivity index (χ1) is 4.83. The first-order valence-corrected chi connectivity index (χ1v) is 3.05. The molecule has 0 spiro atoms. The number of benzene rings is 1. The minimum absolute atomic E-state index is 0.156. The normalized spacial score (nSPS) is 10.9. The summed E-state index contributed by atoms with van der Waals surface area (Å²) in [5.74, 6) is 0.754. The second-order valence-corrected chi connectivity index (χ2v) is 2.24. The minimum Gasteiger partial charge on any atom is -0.497 e. The second-order valence-electron chi connectivity index (χ2n) is 2.24. The Kier molecular flexibility index (Phi) is 0.873. The Bertz CT molecular complexity index is 380. The summed E-state index contributed by atoms with van der Waals surface area (Å²) in [5, 5.41) is 1.64. The summed E-state index contributed by atoms with van der Waals surface area (Å²) in [5.41, 5.74) is 0.156. The number of hydrogen-bond donors (Lipinski definition) is 0. The van der Waals surface area contributed by atoms with Crippen molar-refractivity contribution in [2.24, 2.45) is 0 Å². The molecule has 0 atom stereocenters. The van der Waals surface area contributed by atoms with E-state index in [0.29, 0.717) is 0 Å². The maximum atomic E-state index is 10.8. The molecule has 0 aromatic heterocycles. The number of fused-ring (bicyclic) bond motifs is 1. The van der Waals surface area contributed by atoms with E-state index in [9.17, 15) is 4.79 Å². The van der Waals surface area contributed by atoms with E-state index in [-0.39, 0.29) is 5.43 Å². The summed E-state index contributed by atoms with van der Waals surface area (Å²) < 4.78 is 4.92. The van der Waals surface area contributed by atoms with Crippen LogP contribution >= 0.6 is 0 Å². The molecule has 0 radical (unpaired) electrons. The highest BCUT2D eigenvalue weighted by molar-refractivity contribution is 5.98. The van der Waals surface area contributed by atoms with Crippen LogP contribution in [0.2, 0.25) is 0 Å². The fourth-order valence-corrected chi connectivity index (χ4v) is 0.990. The van der Waals surface area contributed by atoms with Gasteiger partial charge in [-0.05, 0) is 18.2 Å². The maximum Gasteiger partial charge on any atom is 0.194 e. The third-order valence-corrected chi connectivity index (χ3v) is 1.65. The predicted molar refractivity (Wildman–Crippen MR) is 39.1 cm³/mol. The third kappa shape index (κ3) is 0.559. The van der Waals surface area contributed by atoms with E-state index in [1.807, 2.05) is 0 Å². The Morgan fingerprint density at radius 1 is 1.30 bits per heavy atom. The van der Waals surface area contributed by atoms with Gasteiger partial charge in [-0.25, -0.2) is 0 Å². The summed E-state index contributed by atoms with van der Waals surface area (Å²) in [7, 11) is 1.59. The van der Waals surface area contributed by atoms with Gasteiger partial charge in [0.15, 0.2) is 5.43 Å². The van der Waals surface area contributed by atoms with Crippen molar-refractivity contribution >= 4 is 10.8 Å². The van der Waals surface area contributed by atoms with Crippen molar-refractivity contribution in [2.75, 3.05) is 7.11 Å². The number of hydrogen-bond acceptors (Lipinski definition) is 2. The molecule has 0 aliphatic heterocycles. The average molecular weight is 134 g/mol. The van der Waals surface area contributed by atoms with Gasteiger partial charge in [-0.15, -0.1) is 0 Å². The van der Waals surface area contributed by atoms with Gasteiger partial charge in [-0.2, -0.15) is 0 Å². The molecule has 10 heavy (non-hydrogen) atoms. The Balaban J connectivity index is 2.65. The fourth-order valence-electron chi connectivity index (χ4n) is 0.990. The lowest BCUT2D eigenvalue weighted by molar-refractivity contribution is 0.415. The third-order valence-electron chi connectivity index (χ3n) is 1.65. The van der Waals surface area contributed by atoms with Crippen LogP contribution in [0.5, 0.6) is 5.75 Å². The van der Waals surface area contributed by atoms with Gasteiger partial charge in [0.1, 0.15) is 5.75 Å². The molecule has 0 aliphatic carbocycles. The Morgan fingerprint density at radius 3 is 2.70 bits per heavy atom. The monoisotopic (exact) mass is 134 g/mol. The van der Waals surface area contributed by atoms with Gasteiger partial charge in [0.2, 0.25) is 0 Å². The molecule has 0 saturated heterocycles. The minimum atomic E-state index is 0.156. The van der Waals surface area contributed by atoms with Gasteiger partial charge in [-0.1, -0.05) is 0 Å². The van der Waals surface area contributed by atoms with E-state index >= 15 is 0 Å². The maximum absolute atomic E-state index is 10.8. The fraction of sp³-hybridized carbons (Fsp3) is 0.125. The number of ether oxygens (including phenoxy) is 1. The van der Waals surface area contributed by atoms with Crippen LogP contribution < -0.4 is 10.2 Å². The van der Waals surface area contributed by atoms with Crippen molar-refractivity contribution in [3.63, 3.8) is 0 Å². The zero-order valence-corrected chi connectivity index (χ0v) is 5.55. The van der Waals surface area contributed by atoms with Crippen LogP contribution in [-0.2, 0) is 0 Å². The largest absolute Gasteiger partial charge is 0.497 e. The first-order valence-electron chi connectivity index (χ1n) is 3.05. The second kappa shape index (κ2) is 1.59. The lowest BCUT2D eigenvalue weighted by Crippen LogP contribution is -1.78. The molecule has 2 nitrogen and oxygen atoms in total. The lowest BCUT2D eigenvalue weighted by atomic mass is 10.3. The summed E-state index contributed by atoms with van der Waals surface area (Å²) >= 11 is 0. The molecule has 2 aromatic rings. The number of rotatable bonds is 1. The molecule has 2 aromatic carbocycles. The van der Waals surface area contributed by atoms with E-state index < -0.39 is 0 Å². The highest BCUT2D eigenvalue weighted by Crippen LogP contribution is 2.20. The van der Waals surface area contributed by atoms with Gasteiger partial charge in [-0.3, -0.25) is 4.79 Å². The highest BCUT2D eigenvalue weighted by atomic mass is 16.5.